The molecule has 1 N–H and O–H groups in total. The van der Waals surface area contributed by atoms with E-state index in [2.05, 4.69) is 5.32 Å². The molecular formula is C16H20N2O3. The van der Waals surface area contributed by atoms with E-state index in [1.807, 2.05) is 31.2 Å². The molecule has 1 saturated carbocycles. The summed E-state index contributed by atoms with van der Waals surface area (Å²) in [6.45, 7) is 3.02. The zero-order valence-electron chi connectivity index (χ0n) is 12.2. The first kappa shape index (κ1) is 14.1. The van der Waals surface area contributed by atoms with Crippen LogP contribution in [0.25, 0.3) is 0 Å². The molecule has 0 bridgehead atoms. The molecule has 1 aliphatic carbocycles. The number of ether oxygens (including phenoxy) is 1. The highest BCUT2D eigenvalue weighted by atomic mass is 16.5. The van der Waals surface area contributed by atoms with E-state index in [9.17, 15) is 9.59 Å². The second kappa shape index (κ2) is 5.85. The molecule has 1 saturated heterocycles. The van der Waals surface area contributed by atoms with Gasteiger partial charge in [-0.1, -0.05) is 17.7 Å². The largest absolute Gasteiger partial charge is 0.365 e. The topological polar surface area (TPSA) is 58.6 Å². The van der Waals surface area contributed by atoms with Crippen LogP contribution in [0.1, 0.15) is 18.4 Å². The molecule has 1 unspecified atom stereocenters. The predicted octanol–water partition coefficient (Wildman–Crippen LogP) is 1.25. The van der Waals surface area contributed by atoms with Crippen LogP contribution in [-0.4, -0.2) is 37.6 Å². The van der Waals surface area contributed by atoms with Crippen molar-refractivity contribution >= 4 is 17.5 Å². The van der Waals surface area contributed by atoms with Crippen molar-refractivity contribution in [3.8, 4) is 0 Å². The van der Waals surface area contributed by atoms with Crippen LogP contribution in [0.15, 0.2) is 24.3 Å². The number of nitrogens with one attached hydrogen (secondary N) is 1. The standard InChI is InChI=1S/C16H20N2O3/c1-11-2-6-13(7-3-11)18-9-14(21-10-15(18)19)8-17-16(20)12-4-5-12/h2-3,6-7,12,14H,4-5,8-10H2,1H3,(H,17,20). The minimum atomic E-state index is -0.147. The minimum Gasteiger partial charge on any atom is -0.365 e. The number of hydrogen-bond donors (Lipinski definition) is 1. The fourth-order valence-electron chi connectivity index (χ4n) is 2.43. The van der Waals surface area contributed by atoms with Crippen molar-refractivity contribution in [3.63, 3.8) is 0 Å². The van der Waals surface area contributed by atoms with Crippen molar-refractivity contribution in [2.24, 2.45) is 5.92 Å². The molecule has 2 fully saturated rings. The summed E-state index contributed by atoms with van der Waals surface area (Å²) in [5.74, 6) is 0.268. The number of carbonyl (C=O) groups excluding carboxylic acids is 2. The Bertz CT molecular complexity index is 537. The molecule has 1 heterocycles. The molecule has 5 nitrogen and oxygen atoms in total. The summed E-state index contributed by atoms with van der Waals surface area (Å²) in [7, 11) is 0. The van der Waals surface area contributed by atoms with Gasteiger partial charge in [-0.3, -0.25) is 9.59 Å². The maximum atomic E-state index is 12.0. The number of amides is 2. The zero-order chi connectivity index (χ0) is 14.8. The molecule has 1 atom stereocenters. The third-order valence-electron chi connectivity index (χ3n) is 3.93. The first-order chi connectivity index (χ1) is 10.1. The van der Waals surface area contributed by atoms with Gasteiger partial charge in [-0.05, 0) is 31.9 Å². The molecule has 2 amide bonds. The predicted molar refractivity (Wildman–Crippen MR) is 79.0 cm³/mol. The van der Waals surface area contributed by atoms with Gasteiger partial charge in [0.15, 0.2) is 0 Å². The van der Waals surface area contributed by atoms with Crippen LogP contribution in [0.5, 0.6) is 0 Å². The van der Waals surface area contributed by atoms with E-state index in [0.717, 1.165) is 24.1 Å². The smallest absolute Gasteiger partial charge is 0.253 e. The average molecular weight is 288 g/mol. The van der Waals surface area contributed by atoms with Crippen LogP contribution >= 0.6 is 0 Å². The molecule has 0 aromatic heterocycles. The summed E-state index contributed by atoms with van der Waals surface area (Å²) in [6.07, 6.45) is 1.84. The second-order valence-electron chi connectivity index (χ2n) is 5.79. The van der Waals surface area contributed by atoms with Crippen LogP contribution < -0.4 is 10.2 Å². The lowest BCUT2D eigenvalue weighted by molar-refractivity contribution is -0.129. The van der Waals surface area contributed by atoms with Gasteiger partial charge in [0.05, 0.1) is 12.6 Å². The summed E-state index contributed by atoms with van der Waals surface area (Å²) in [6, 6.07) is 7.86. The molecule has 1 aromatic rings. The van der Waals surface area contributed by atoms with Crippen LogP contribution in [0.2, 0.25) is 0 Å². The quantitative estimate of drug-likeness (QED) is 0.907. The van der Waals surface area contributed by atoms with Gasteiger partial charge in [-0.25, -0.2) is 0 Å². The molecule has 1 aromatic carbocycles. The number of hydrogen-bond acceptors (Lipinski definition) is 3. The average Bonchev–Trinajstić information content (AvgIpc) is 3.32. The number of morpholine rings is 1. The summed E-state index contributed by atoms with van der Waals surface area (Å²) in [5, 5.41) is 2.91. The highest BCUT2D eigenvalue weighted by molar-refractivity contribution is 5.95. The Morgan fingerprint density at radius 2 is 2.05 bits per heavy atom. The highest BCUT2D eigenvalue weighted by Gasteiger charge is 2.31. The normalized spacial score (nSPS) is 22.2. The zero-order valence-corrected chi connectivity index (χ0v) is 12.2. The van der Waals surface area contributed by atoms with Crippen molar-refractivity contribution < 1.29 is 14.3 Å². The maximum Gasteiger partial charge on any atom is 0.253 e. The van der Waals surface area contributed by atoms with E-state index in [1.54, 1.807) is 4.90 Å². The molecule has 0 spiro atoms. The second-order valence-corrected chi connectivity index (χ2v) is 5.79. The number of carbonyl (C=O) groups is 2. The number of nitrogens with zero attached hydrogens (tertiary/aromatic N) is 1. The van der Waals surface area contributed by atoms with Crippen LogP contribution in [0, 0.1) is 12.8 Å². The van der Waals surface area contributed by atoms with Crippen molar-refractivity contribution in [1.82, 2.24) is 5.32 Å². The molecule has 112 valence electrons. The Kier molecular flexibility index (Phi) is 3.92. The number of rotatable bonds is 4. The van der Waals surface area contributed by atoms with Gasteiger partial charge in [0, 0.05) is 18.2 Å². The van der Waals surface area contributed by atoms with Gasteiger partial charge >= 0.3 is 0 Å². The lowest BCUT2D eigenvalue weighted by Gasteiger charge is -2.33. The van der Waals surface area contributed by atoms with Gasteiger partial charge in [-0.15, -0.1) is 0 Å². The molecule has 2 aliphatic rings. The third kappa shape index (κ3) is 3.42. The highest BCUT2D eigenvalue weighted by Crippen LogP contribution is 2.28. The van der Waals surface area contributed by atoms with E-state index < -0.39 is 0 Å². The van der Waals surface area contributed by atoms with Gasteiger partial charge < -0.3 is 15.0 Å². The molecule has 3 rings (SSSR count). The van der Waals surface area contributed by atoms with Gasteiger partial charge in [-0.2, -0.15) is 0 Å². The summed E-state index contributed by atoms with van der Waals surface area (Å²) in [5.41, 5.74) is 2.04. The Morgan fingerprint density at radius 1 is 1.33 bits per heavy atom. The van der Waals surface area contributed by atoms with E-state index in [1.165, 1.54) is 0 Å². The lowest BCUT2D eigenvalue weighted by Crippen LogP contribution is -2.50. The molecule has 1 aliphatic heterocycles. The van der Waals surface area contributed by atoms with Crippen molar-refractivity contribution in [2.45, 2.75) is 25.9 Å². The number of benzene rings is 1. The Balaban J connectivity index is 1.59. The Morgan fingerprint density at radius 3 is 2.71 bits per heavy atom. The van der Waals surface area contributed by atoms with Crippen LogP contribution in [0.4, 0.5) is 5.69 Å². The molecular weight excluding hydrogens is 268 g/mol. The molecule has 21 heavy (non-hydrogen) atoms. The first-order valence-electron chi connectivity index (χ1n) is 7.40. The van der Waals surface area contributed by atoms with Gasteiger partial charge in [0.1, 0.15) is 6.61 Å². The minimum absolute atomic E-state index is 0.0383. The summed E-state index contributed by atoms with van der Waals surface area (Å²) in [4.78, 5) is 25.4. The fraction of sp³-hybridized carbons (Fsp3) is 0.500. The first-order valence-corrected chi connectivity index (χ1v) is 7.40. The fourth-order valence-corrected chi connectivity index (χ4v) is 2.43. The summed E-state index contributed by atoms with van der Waals surface area (Å²) >= 11 is 0. The van der Waals surface area contributed by atoms with E-state index in [4.69, 9.17) is 4.74 Å². The van der Waals surface area contributed by atoms with E-state index in [0.29, 0.717) is 13.1 Å². The van der Waals surface area contributed by atoms with Crippen molar-refractivity contribution in [2.75, 3.05) is 24.6 Å². The van der Waals surface area contributed by atoms with Gasteiger partial charge in [0.25, 0.3) is 5.91 Å². The Hall–Kier alpha value is -1.88. The lowest BCUT2D eigenvalue weighted by atomic mass is 10.2. The SMILES string of the molecule is Cc1ccc(N2CC(CNC(=O)C3CC3)OCC2=O)cc1. The van der Waals surface area contributed by atoms with E-state index in [-0.39, 0.29) is 30.4 Å². The van der Waals surface area contributed by atoms with Crippen LogP contribution in [-0.2, 0) is 14.3 Å². The van der Waals surface area contributed by atoms with Crippen molar-refractivity contribution in [1.29, 1.82) is 0 Å². The van der Waals surface area contributed by atoms with Crippen LogP contribution in [0.3, 0.4) is 0 Å². The van der Waals surface area contributed by atoms with Crippen molar-refractivity contribution in [3.05, 3.63) is 29.8 Å². The summed E-state index contributed by atoms with van der Waals surface area (Å²) < 4.78 is 5.51. The third-order valence-corrected chi connectivity index (χ3v) is 3.93. The molecule has 0 radical (unpaired) electrons. The Labute approximate surface area is 124 Å². The van der Waals surface area contributed by atoms with Gasteiger partial charge in [0.2, 0.25) is 5.91 Å². The number of anilines is 1. The molecule has 5 heteroatoms. The van der Waals surface area contributed by atoms with E-state index >= 15 is 0 Å². The monoisotopic (exact) mass is 288 g/mol. The maximum absolute atomic E-state index is 12.0. The number of aryl methyl sites for hydroxylation is 1.